The van der Waals surface area contributed by atoms with Gasteiger partial charge >= 0.3 is 0 Å². The molecule has 11 heteroatoms. The van der Waals surface area contributed by atoms with Crippen LogP contribution >= 0.6 is 0 Å². The van der Waals surface area contributed by atoms with Crippen molar-refractivity contribution in [2.24, 2.45) is 0 Å². The molecule has 2 aliphatic rings. The lowest BCUT2D eigenvalue weighted by Gasteiger charge is -2.46. The average molecular weight is 342 g/mol. The molecule has 0 amide bonds. The molecule has 136 valence electrons. The molecule has 0 bridgehead atoms. The summed E-state index contributed by atoms with van der Waals surface area (Å²) in [5, 5.41) is 77.1. The fourth-order valence-electron chi connectivity index (χ4n) is 2.52. The fourth-order valence-corrected chi connectivity index (χ4v) is 2.52. The molecule has 0 spiro atoms. The summed E-state index contributed by atoms with van der Waals surface area (Å²) in [5.41, 5.74) is 0. The molecule has 0 aromatic carbocycles. The van der Waals surface area contributed by atoms with Crippen LogP contribution in [0, 0.1) is 0 Å². The van der Waals surface area contributed by atoms with Crippen molar-refractivity contribution >= 4 is 0 Å². The third-order valence-electron chi connectivity index (χ3n) is 4.02. The van der Waals surface area contributed by atoms with Gasteiger partial charge in [0.2, 0.25) is 5.79 Å². The molecule has 2 aliphatic heterocycles. The maximum Gasteiger partial charge on any atom is 0.218 e. The lowest BCUT2D eigenvalue weighted by Crippen LogP contribution is -2.66. The van der Waals surface area contributed by atoms with Crippen LogP contribution < -0.4 is 0 Å². The summed E-state index contributed by atoms with van der Waals surface area (Å²) in [5.74, 6) is -2.38. The standard InChI is InChI=1S/C12H22O11/c13-1-5-6(16)7(17)8(18)11(22-5)23-9-4(15)2-21-12(20,3-14)10(9)19/h4-11,13-20H,1-3H2/t4-,5-,6+,7+,8-,9-,10+,11+,12+/m1/s1. The molecule has 2 saturated heterocycles. The van der Waals surface area contributed by atoms with E-state index >= 15 is 0 Å². The zero-order chi connectivity index (χ0) is 17.4. The number of hydrogen-bond acceptors (Lipinski definition) is 11. The summed E-state index contributed by atoms with van der Waals surface area (Å²) >= 11 is 0. The van der Waals surface area contributed by atoms with Crippen LogP contribution in [-0.2, 0) is 14.2 Å². The SMILES string of the molecule is OC[C@H]1O[C@@H](O[C@@H]2[C@H](O)CO[C@@](O)(CO)[C@H]2O)[C@H](O)[C@@H](O)[C@H]1O. The van der Waals surface area contributed by atoms with Gasteiger partial charge in [0.25, 0.3) is 0 Å². The van der Waals surface area contributed by atoms with Crippen LogP contribution in [0.1, 0.15) is 0 Å². The van der Waals surface area contributed by atoms with Gasteiger partial charge in [0.1, 0.15) is 42.7 Å². The molecule has 11 nitrogen and oxygen atoms in total. The quantitative estimate of drug-likeness (QED) is 0.243. The molecular weight excluding hydrogens is 320 g/mol. The molecular formula is C12H22O11. The van der Waals surface area contributed by atoms with Gasteiger partial charge in [0.05, 0.1) is 19.8 Å². The molecule has 9 atom stereocenters. The van der Waals surface area contributed by atoms with E-state index < -0.39 is 74.6 Å². The van der Waals surface area contributed by atoms with Crippen LogP contribution in [0.25, 0.3) is 0 Å². The first-order chi connectivity index (χ1) is 10.7. The highest BCUT2D eigenvalue weighted by Crippen LogP contribution is 2.29. The maximum atomic E-state index is 10.00. The molecule has 0 aromatic heterocycles. The minimum Gasteiger partial charge on any atom is -0.394 e. The van der Waals surface area contributed by atoms with E-state index in [9.17, 15) is 30.6 Å². The Labute approximate surface area is 130 Å². The van der Waals surface area contributed by atoms with Crippen LogP contribution in [0.4, 0.5) is 0 Å². The predicted molar refractivity (Wildman–Crippen MR) is 68.6 cm³/mol. The second-order valence-electron chi connectivity index (χ2n) is 5.62. The van der Waals surface area contributed by atoms with Crippen LogP contribution in [0.2, 0.25) is 0 Å². The Balaban J connectivity index is 2.12. The van der Waals surface area contributed by atoms with Gasteiger partial charge in [-0.15, -0.1) is 0 Å². The van der Waals surface area contributed by atoms with Crippen LogP contribution in [0.15, 0.2) is 0 Å². The van der Waals surface area contributed by atoms with E-state index in [1.54, 1.807) is 0 Å². The molecule has 0 saturated carbocycles. The fraction of sp³-hybridized carbons (Fsp3) is 1.00. The van der Waals surface area contributed by atoms with E-state index in [0.29, 0.717) is 0 Å². The Hall–Kier alpha value is -0.440. The van der Waals surface area contributed by atoms with E-state index in [4.69, 9.17) is 24.4 Å². The summed E-state index contributed by atoms with van der Waals surface area (Å²) in [6, 6.07) is 0. The van der Waals surface area contributed by atoms with E-state index in [1.165, 1.54) is 0 Å². The van der Waals surface area contributed by atoms with Crippen molar-refractivity contribution in [3.63, 3.8) is 0 Å². The highest BCUT2D eigenvalue weighted by Gasteiger charge is 2.52. The highest BCUT2D eigenvalue weighted by atomic mass is 16.7. The second-order valence-corrected chi connectivity index (χ2v) is 5.62. The first kappa shape index (κ1) is 18.9. The molecule has 0 aliphatic carbocycles. The first-order valence-electron chi connectivity index (χ1n) is 7.04. The normalized spacial score (nSPS) is 51.7. The summed E-state index contributed by atoms with van der Waals surface area (Å²) in [7, 11) is 0. The second kappa shape index (κ2) is 7.21. The number of aliphatic hydroxyl groups excluding tert-OH is 7. The van der Waals surface area contributed by atoms with E-state index in [0.717, 1.165) is 0 Å². The lowest BCUT2D eigenvalue weighted by atomic mass is 9.96. The van der Waals surface area contributed by atoms with Gasteiger partial charge < -0.3 is 55.1 Å². The number of hydrogen-bond donors (Lipinski definition) is 8. The summed E-state index contributed by atoms with van der Waals surface area (Å²) in [4.78, 5) is 0. The zero-order valence-corrected chi connectivity index (χ0v) is 12.0. The smallest absolute Gasteiger partial charge is 0.218 e. The molecule has 0 radical (unpaired) electrons. The van der Waals surface area contributed by atoms with E-state index in [-0.39, 0.29) is 0 Å². The molecule has 0 aromatic rings. The molecule has 23 heavy (non-hydrogen) atoms. The van der Waals surface area contributed by atoms with Gasteiger partial charge in [-0.2, -0.15) is 0 Å². The Morgan fingerprint density at radius 2 is 1.65 bits per heavy atom. The Morgan fingerprint density at radius 1 is 1.00 bits per heavy atom. The average Bonchev–Trinajstić information content (AvgIpc) is 2.55. The third-order valence-corrected chi connectivity index (χ3v) is 4.02. The molecule has 8 N–H and O–H groups in total. The van der Waals surface area contributed by atoms with Crippen molar-refractivity contribution in [1.82, 2.24) is 0 Å². The van der Waals surface area contributed by atoms with Crippen LogP contribution in [0.5, 0.6) is 0 Å². The predicted octanol–water partition coefficient (Wildman–Crippen LogP) is -5.40. The van der Waals surface area contributed by atoms with Gasteiger partial charge in [-0.1, -0.05) is 0 Å². The summed E-state index contributed by atoms with van der Waals surface area (Å²) in [6.45, 7) is -2.13. The monoisotopic (exact) mass is 342 g/mol. The summed E-state index contributed by atoms with van der Waals surface area (Å²) in [6.07, 6.45) is -12.7. The molecule has 2 heterocycles. The number of rotatable bonds is 4. The van der Waals surface area contributed by atoms with Crippen molar-refractivity contribution in [3.8, 4) is 0 Å². The molecule has 0 unspecified atom stereocenters. The molecule has 2 rings (SSSR count). The largest absolute Gasteiger partial charge is 0.394 e. The van der Waals surface area contributed by atoms with E-state index in [2.05, 4.69) is 0 Å². The van der Waals surface area contributed by atoms with Crippen LogP contribution in [0.3, 0.4) is 0 Å². The third kappa shape index (κ3) is 3.50. The minimum atomic E-state index is -2.38. The lowest BCUT2D eigenvalue weighted by molar-refractivity contribution is -0.373. The van der Waals surface area contributed by atoms with Gasteiger partial charge in [0.15, 0.2) is 6.29 Å². The van der Waals surface area contributed by atoms with Crippen molar-refractivity contribution in [2.75, 3.05) is 19.8 Å². The maximum absolute atomic E-state index is 10.00. The van der Waals surface area contributed by atoms with Crippen LogP contribution in [-0.4, -0.2) is 115 Å². The Morgan fingerprint density at radius 3 is 2.22 bits per heavy atom. The zero-order valence-electron chi connectivity index (χ0n) is 12.0. The number of ether oxygens (including phenoxy) is 3. The van der Waals surface area contributed by atoms with Gasteiger partial charge in [-0.25, -0.2) is 0 Å². The van der Waals surface area contributed by atoms with Gasteiger partial charge in [-0.3, -0.25) is 0 Å². The van der Waals surface area contributed by atoms with Crippen molar-refractivity contribution in [1.29, 1.82) is 0 Å². The van der Waals surface area contributed by atoms with Gasteiger partial charge in [-0.05, 0) is 0 Å². The Kier molecular flexibility index (Phi) is 5.92. The van der Waals surface area contributed by atoms with Crippen molar-refractivity contribution < 1.29 is 55.1 Å². The summed E-state index contributed by atoms with van der Waals surface area (Å²) < 4.78 is 15.1. The topological polar surface area (TPSA) is 190 Å². The van der Waals surface area contributed by atoms with Crippen molar-refractivity contribution in [2.45, 2.75) is 54.8 Å². The Bertz CT molecular complexity index is 393. The first-order valence-corrected chi connectivity index (χ1v) is 7.04. The van der Waals surface area contributed by atoms with E-state index in [1.807, 2.05) is 0 Å². The minimum absolute atomic E-state index is 0.476. The van der Waals surface area contributed by atoms with Gasteiger partial charge in [0, 0.05) is 0 Å². The highest BCUT2D eigenvalue weighted by molar-refractivity contribution is 4.95. The number of aliphatic hydroxyl groups is 8. The van der Waals surface area contributed by atoms with Crippen molar-refractivity contribution in [3.05, 3.63) is 0 Å². The molecule has 2 fully saturated rings.